The number of amides is 1. The van der Waals surface area contributed by atoms with E-state index in [-0.39, 0.29) is 25.1 Å². The Morgan fingerprint density at radius 3 is 2.89 bits per heavy atom. The number of aromatic amines is 1. The number of likely N-dealkylation sites (tertiary alicyclic amines) is 1. The van der Waals surface area contributed by atoms with Crippen LogP contribution in [0.2, 0.25) is 0 Å². The van der Waals surface area contributed by atoms with Crippen LogP contribution in [0, 0.1) is 13.8 Å². The van der Waals surface area contributed by atoms with Gasteiger partial charge >= 0.3 is 0 Å². The molecule has 0 aliphatic carbocycles. The molecule has 5 heterocycles. The topological polar surface area (TPSA) is 151 Å². The third-order valence-corrected chi connectivity index (χ3v) is 7.46. The normalized spacial score (nSPS) is 15.0. The van der Waals surface area contributed by atoms with Crippen LogP contribution >= 0.6 is 0 Å². The Hall–Kier alpha value is -5.11. The quantitative estimate of drug-likeness (QED) is 0.176. The number of rotatable bonds is 11. The Kier molecular flexibility index (Phi) is 8.32. The van der Waals surface area contributed by atoms with Crippen LogP contribution in [0.15, 0.2) is 48.9 Å². The van der Waals surface area contributed by atoms with Gasteiger partial charge in [-0.3, -0.25) is 14.4 Å². The van der Waals surface area contributed by atoms with Gasteiger partial charge in [0.25, 0.3) is 0 Å². The highest BCUT2D eigenvalue weighted by Crippen LogP contribution is 2.33. The van der Waals surface area contributed by atoms with Crippen LogP contribution in [0.25, 0.3) is 22.2 Å². The fourth-order valence-corrected chi connectivity index (χ4v) is 5.22. The second kappa shape index (κ2) is 12.6. The van der Waals surface area contributed by atoms with Crippen LogP contribution < -0.4 is 20.7 Å². The summed E-state index contributed by atoms with van der Waals surface area (Å²) in [5.41, 5.74) is 5.12. The molecule has 228 valence electrons. The number of hydrogen-bond acceptors (Lipinski definition) is 10. The van der Waals surface area contributed by atoms with Crippen molar-refractivity contribution in [3.8, 4) is 17.1 Å². The Bertz CT molecular complexity index is 1770. The number of benzene rings is 1. The van der Waals surface area contributed by atoms with Gasteiger partial charge in [-0.2, -0.15) is 10.1 Å². The number of hydrogen-bond donors (Lipinski definition) is 4. The molecule has 0 bridgehead atoms. The summed E-state index contributed by atoms with van der Waals surface area (Å²) in [7, 11) is 1.88. The number of halogens is 1. The van der Waals surface area contributed by atoms with Gasteiger partial charge in [0.2, 0.25) is 23.7 Å². The van der Waals surface area contributed by atoms with Gasteiger partial charge in [0, 0.05) is 74.0 Å². The van der Waals surface area contributed by atoms with Crippen LogP contribution in [0.1, 0.15) is 17.7 Å². The van der Waals surface area contributed by atoms with Crippen molar-refractivity contribution in [3.63, 3.8) is 0 Å². The summed E-state index contributed by atoms with van der Waals surface area (Å²) in [5, 5.41) is 14.4. The minimum Gasteiger partial charge on any atom is -0.473 e. The molecule has 1 aliphatic rings. The van der Waals surface area contributed by atoms with Gasteiger partial charge in [0.15, 0.2) is 5.82 Å². The average Bonchev–Trinajstić information content (AvgIpc) is 3.72. The molecule has 6 rings (SSSR count). The minimum absolute atomic E-state index is 0.113. The summed E-state index contributed by atoms with van der Waals surface area (Å²) in [6, 6.07) is 9.40. The maximum atomic E-state index is 13.1. The summed E-state index contributed by atoms with van der Waals surface area (Å²) in [4.78, 5) is 36.0. The number of nitrogens with zero attached hydrogens (tertiary/aromatic N) is 7. The summed E-state index contributed by atoms with van der Waals surface area (Å²) < 4.78 is 20.2. The summed E-state index contributed by atoms with van der Waals surface area (Å²) in [6.45, 7) is 5.10. The lowest BCUT2D eigenvalue weighted by Crippen LogP contribution is -2.33. The molecule has 1 aliphatic heterocycles. The molecule has 0 saturated carbocycles. The lowest BCUT2D eigenvalue weighted by Gasteiger charge is -2.16. The highest BCUT2D eigenvalue weighted by molar-refractivity contribution is 6.06. The van der Waals surface area contributed by atoms with Crippen molar-refractivity contribution in [2.75, 3.05) is 48.8 Å². The molecule has 0 unspecified atom stereocenters. The number of anilines is 4. The predicted molar refractivity (Wildman–Crippen MR) is 166 cm³/mol. The second-order valence-electron chi connectivity index (χ2n) is 10.7. The van der Waals surface area contributed by atoms with Gasteiger partial charge in [-0.1, -0.05) is 12.1 Å². The Balaban J connectivity index is 1.10. The van der Waals surface area contributed by atoms with Crippen LogP contribution in [-0.4, -0.2) is 84.5 Å². The van der Waals surface area contributed by atoms with Crippen molar-refractivity contribution in [3.05, 3.63) is 60.2 Å². The van der Waals surface area contributed by atoms with E-state index >= 15 is 0 Å². The molecule has 4 aromatic heterocycles. The molecule has 1 fully saturated rings. The molecule has 1 saturated heterocycles. The SMILES string of the molecule is Cc1cnc(Nc2cc(C)n(C)n2)nc1-c1c[nH]c2c(NC(=O)CN3CC[C@H](Oc4ccnc(NCCF)n4)C3)cccc12. The number of aromatic nitrogens is 7. The second-order valence-corrected chi connectivity index (χ2v) is 10.7. The van der Waals surface area contributed by atoms with Crippen molar-refractivity contribution in [1.82, 2.24) is 39.6 Å². The van der Waals surface area contributed by atoms with E-state index in [2.05, 4.69) is 41.0 Å². The number of carbonyl (C=O) groups is 1. The number of aryl methyl sites for hydroxylation is 3. The Labute approximate surface area is 253 Å². The summed E-state index contributed by atoms with van der Waals surface area (Å²) >= 11 is 0. The smallest absolute Gasteiger partial charge is 0.238 e. The van der Waals surface area contributed by atoms with E-state index in [9.17, 15) is 9.18 Å². The molecular formula is C30H34FN11O2. The third kappa shape index (κ3) is 6.44. The zero-order valence-electron chi connectivity index (χ0n) is 24.8. The molecule has 13 nitrogen and oxygen atoms in total. The molecule has 1 aromatic carbocycles. The van der Waals surface area contributed by atoms with Gasteiger partial charge in [-0.25, -0.2) is 19.3 Å². The van der Waals surface area contributed by atoms with E-state index in [1.165, 1.54) is 0 Å². The van der Waals surface area contributed by atoms with E-state index in [1.54, 1.807) is 23.1 Å². The molecule has 5 aromatic rings. The van der Waals surface area contributed by atoms with Crippen LogP contribution in [0.3, 0.4) is 0 Å². The zero-order chi connectivity index (χ0) is 30.6. The van der Waals surface area contributed by atoms with E-state index in [1.807, 2.05) is 56.3 Å². The van der Waals surface area contributed by atoms with Crippen molar-refractivity contribution in [2.24, 2.45) is 7.05 Å². The largest absolute Gasteiger partial charge is 0.473 e. The fraction of sp³-hybridized carbons (Fsp3) is 0.333. The fourth-order valence-electron chi connectivity index (χ4n) is 5.22. The lowest BCUT2D eigenvalue weighted by atomic mass is 10.1. The van der Waals surface area contributed by atoms with Gasteiger partial charge in [-0.05, 0) is 31.9 Å². The van der Waals surface area contributed by atoms with Gasteiger partial charge < -0.3 is 25.7 Å². The van der Waals surface area contributed by atoms with E-state index in [0.717, 1.165) is 39.8 Å². The third-order valence-electron chi connectivity index (χ3n) is 7.46. The first kappa shape index (κ1) is 29.0. The Morgan fingerprint density at radius 1 is 1.18 bits per heavy atom. The number of para-hydroxylation sites is 1. The highest BCUT2D eigenvalue weighted by atomic mass is 19.1. The number of carbonyl (C=O) groups excluding carboxylic acids is 1. The van der Waals surface area contributed by atoms with E-state index in [4.69, 9.17) is 9.72 Å². The molecule has 4 N–H and O–H groups in total. The highest BCUT2D eigenvalue weighted by Gasteiger charge is 2.26. The number of ether oxygens (including phenoxy) is 1. The number of H-pyrrole nitrogens is 1. The van der Waals surface area contributed by atoms with Gasteiger partial charge in [-0.15, -0.1) is 0 Å². The summed E-state index contributed by atoms with van der Waals surface area (Å²) in [6.07, 6.45) is 5.90. The zero-order valence-corrected chi connectivity index (χ0v) is 24.8. The number of alkyl halides is 1. The van der Waals surface area contributed by atoms with Crippen LogP contribution in [0.5, 0.6) is 5.88 Å². The molecule has 0 radical (unpaired) electrons. The minimum atomic E-state index is -0.513. The summed E-state index contributed by atoms with van der Waals surface area (Å²) in [5.74, 6) is 1.74. The van der Waals surface area contributed by atoms with Crippen molar-refractivity contribution < 1.29 is 13.9 Å². The molecule has 1 atom stereocenters. The van der Waals surface area contributed by atoms with E-state index < -0.39 is 6.67 Å². The average molecular weight is 600 g/mol. The molecule has 44 heavy (non-hydrogen) atoms. The van der Waals surface area contributed by atoms with Crippen molar-refractivity contribution >= 4 is 40.2 Å². The molecule has 0 spiro atoms. The standard InChI is InChI=1S/C30H34FN11O2/c1-18-14-35-30(37-24-13-19(2)41(3)40-24)39-27(18)22-15-34-28-21(22)5-4-6-23(28)36-25(43)17-42-12-8-20(16-42)44-26-7-10-32-29(38-26)33-11-9-31/h4-7,10,13-15,20,34H,8-9,11-12,16-17H2,1-3H3,(H,36,43)(H,32,33,38)(H,35,37,39,40)/t20-/m0/s1. The molecule has 14 heteroatoms. The maximum absolute atomic E-state index is 13.1. The monoisotopic (exact) mass is 599 g/mol. The predicted octanol–water partition coefficient (Wildman–Crippen LogP) is 3.98. The van der Waals surface area contributed by atoms with E-state index in [0.29, 0.717) is 42.4 Å². The first-order valence-electron chi connectivity index (χ1n) is 14.4. The van der Waals surface area contributed by atoms with Crippen LogP contribution in [0.4, 0.5) is 27.8 Å². The first-order chi connectivity index (χ1) is 21.4. The van der Waals surface area contributed by atoms with Gasteiger partial charge in [0.05, 0.1) is 23.4 Å². The molecular weight excluding hydrogens is 565 g/mol. The van der Waals surface area contributed by atoms with Crippen molar-refractivity contribution in [1.29, 1.82) is 0 Å². The van der Waals surface area contributed by atoms with Crippen LogP contribution in [-0.2, 0) is 11.8 Å². The number of fused-ring (bicyclic) bond motifs is 1. The lowest BCUT2D eigenvalue weighted by molar-refractivity contribution is -0.117. The van der Waals surface area contributed by atoms with Crippen molar-refractivity contribution in [2.45, 2.75) is 26.4 Å². The van der Waals surface area contributed by atoms with Gasteiger partial charge in [0.1, 0.15) is 12.8 Å². The maximum Gasteiger partial charge on any atom is 0.238 e. The first-order valence-corrected chi connectivity index (χ1v) is 14.4. The Morgan fingerprint density at radius 2 is 2.07 bits per heavy atom. The molecule has 1 amide bonds. The number of nitrogens with one attached hydrogen (secondary N) is 4.